The number of carbonyl (C=O) groups excluding carboxylic acids is 1. The zero-order valence-electron chi connectivity index (χ0n) is 10.1. The summed E-state index contributed by atoms with van der Waals surface area (Å²) >= 11 is 14.0. The van der Waals surface area contributed by atoms with E-state index < -0.39 is 0 Å². The zero-order valence-corrected chi connectivity index (χ0v) is 13.8. The van der Waals surface area contributed by atoms with Crippen LogP contribution in [0, 0.1) is 9.49 Å². The smallest absolute Gasteiger partial charge is 0.252 e. The molecule has 0 aliphatic heterocycles. The van der Waals surface area contributed by atoms with Crippen LogP contribution < -0.4 is 5.32 Å². The van der Waals surface area contributed by atoms with E-state index in [9.17, 15) is 9.90 Å². The van der Waals surface area contributed by atoms with E-state index in [4.69, 9.17) is 23.2 Å². The van der Waals surface area contributed by atoms with Gasteiger partial charge in [0.05, 0.1) is 10.6 Å². The Hall–Kier alpha value is -0.0400. The fourth-order valence-electron chi connectivity index (χ4n) is 2.41. The largest absolute Gasteiger partial charge is 0.396 e. The number of nitrogens with one attached hydrogen (secondary N) is 1. The highest BCUT2D eigenvalue weighted by molar-refractivity contribution is 14.1. The van der Waals surface area contributed by atoms with Gasteiger partial charge in [0.2, 0.25) is 0 Å². The lowest BCUT2D eigenvalue weighted by molar-refractivity contribution is 0.0915. The van der Waals surface area contributed by atoms with Crippen molar-refractivity contribution in [2.24, 2.45) is 5.92 Å². The predicted octanol–water partition coefficient (Wildman–Crippen LogP) is 3.49. The van der Waals surface area contributed by atoms with Gasteiger partial charge in [0.25, 0.3) is 5.91 Å². The van der Waals surface area contributed by atoms with Crippen LogP contribution in [0.3, 0.4) is 0 Å². The molecule has 1 aromatic rings. The number of hydrogen-bond donors (Lipinski definition) is 2. The van der Waals surface area contributed by atoms with Crippen molar-refractivity contribution in [2.45, 2.75) is 25.3 Å². The molecule has 1 aliphatic rings. The van der Waals surface area contributed by atoms with Gasteiger partial charge in [-0.25, -0.2) is 0 Å². The molecule has 0 aromatic heterocycles. The summed E-state index contributed by atoms with van der Waals surface area (Å²) in [6.45, 7) is 0.109. The molecule has 3 nitrogen and oxygen atoms in total. The molecule has 2 unspecified atom stereocenters. The number of rotatable bonds is 3. The Morgan fingerprint density at radius 3 is 2.84 bits per heavy atom. The average molecular weight is 414 g/mol. The Bertz CT molecular complexity index is 496. The minimum absolute atomic E-state index is 0.0334. The third kappa shape index (κ3) is 3.54. The van der Waals surface area contributed by atoms with E-state index >= 15 is 0 Å². The fraction of sp³-hybridized carbons (Fsp3) is 0.462. The first-order valence-electron chi connectivity index (χ1n) is 6.09. The predicted molar refractivity (Wildman–Crippen MR) is 84.9 cm³/mol. The molecule has 0 bridgehead atoms. The van der Waals surface area contributed by atoms with Crippen molar-refractivity contribution in [1.29, 1.82) is 0 Å². The van der Waals surface area contributed by atoms with Gasteiger partial charge >= 0.3 is 0 Å². The standard InChI is InChI=1S/C13H14Cl2INO2/c14-8-4-9(12(16)10(15)5-8)13(19)17-11-3-1-2-7(11)6-18/h4-5,7,11,18H,1-3,6H2,(H,17,19). The van der Waals surface area contributed by atoms with E-state index in [1.165, 1.54) is 0 Å². The molecule has 0 saturated heterocycles. The van der Waals surface area contributed by atoms with Gasteiger partial charge in [0.15, 0.2) is 0 Å². The molecule has 104 valence electrons. The maximum absolute atomic E-state index is 12.3. The maximum Gasteiger partial charge on any atom is 0.252 e. The van der Waals surface area contributed by atoms with Crippen LogP contribution >= 0.6 is 45.8 Å². The van der Waals surface area contributed by atoms with Gasteiger partial charge in [-0.2, -0.15) is 0 Å². The molecule has 2 atom stereocenters. The summed E-state index contributed by atoms with van der Waals surface area (Å²) in [5.74, 6) is -0.0320. The van der Waals surface area contributed by atoms with Gasteiger partial charge in [-0.1, -0.05) is 29.6 Å². The van der Waals surface area contributed by atoms with Gasteiger partial charge < -0.3 is 10.4 Å². The number of benzene rings is 1. The molecule has 2 rings (SSSR count). The van der Waals surface area contributed by atoms with Crippen molar-refractivity contribution in [3.8, 4) is 0 Å². The lowest BCUT2D eigenvalue weighted by Gasteiger charge is -2.19. The Morgan fingerprint density at radius 1 is 1.42 bits per heavy atom. The van der Waals surface area contributed by atoms with Gasteiger partial charge in [-0.15, -0.1) is 0 Å². The third-order valence-corrected chi connectivity index (χ3v) is 5.45. The summed E-state index contributed by atoms with van der Waals surface area (Å²) < 4.78 is 0.694. The summed E-state index contributed by atoms with van der Waals surface area (Å²) in [6, 6.07) is 3.27. The molecular weight excluding hydrogens is 400 g/mol. The maximum atomic E-state index is 12.3. The lowest BCUT2D eigenvalue weighted by Crippen LogP contribution is -2.38. The molecule has 0 spiro atoms. The van der Waals surface area contributed by atoms with E-state index in [1.54, 1.807) is 12.1 Å². The average Bonchev–Trinajstić information content (AvgIpc) is 2.80. The van der Waals surface area contributed by atoms with Crippen LogP contribution in [0.2, 0.25) is 10.0 Å². The molecule has 1 amide bonds. The van der Waals surface area contributed by atoms with Crippen LogP contribution in [0.5, 0.6) is 0 Å². The van der Waals surface area contributed by atoms with Crippen LogP contribution in [0.15, 0.2) is 12.1 Å². The topological polar surface area (TPSA) is 49.3 Å². The molecule has 0 radical (unpaired) electrons. The summed E-state index contributed by atoms with van der Waals surface area (Å²) in [5.41, 5.74) is 0.488. The van der Waals surface area contributed by atoms with Crippen molar-refractivity contribution in [3.05, 3.63) is 31.3 Å². The minimum atomic E-state index is -0.181. The highest BCUT2D eigenvalue weighted by Crippen LogP contribution is 2.29. The van der Waals surface area contributed by atoms with E-state index in [0.29, 0.717) is 19.2 Å². The first kappa shape index (κ1) is 15.4. The molecule has 1 saturated carbocycles. The number of hydrogen-bond acceptors (Lipinski definition) is 2. The molecule has 1 aromatic carbocycles. The van der Waals surface area contributed by atoms with Gasteiger partial charge in [-0.3, -0.25) is 4.79 Å². The van der Waals surface area contributed by atoms with E-state index in [1.807, 2.05) is 22.6 Å². The van der Waals surface area contributed by atoms with Crippen molar-refractivity contribution in [1.82, 2.24) is 5.32 Å². The molecule has 0 heterocycles. The van der Waals surface area contributed by atoms with Crippen LogP contribution in [-0.2, 0) is 0 Å². The molecule has 1 aliphatic carbocycles. The Morgan fingerprint density at radius 2 is 2.16 bits per heavy atom. The monoisotopic (exact) mass is 413 g/mol. The van der Waals surface area contributed by atoms with E-state index in [0.717, 1.165) is 19.3 Å². The second kappa shape index (κ2) is 6.61. The number of aliphatic hydroxyl groups excluding tert-OH is 1. The van der Waals surface area contributed by atoms with Crippen molar-refractivity contribution in [2.75, 3.05) is 6.61 Å². The van der Waals surface area contributed by atoms with Gasteiger partial charge in [-0.05, 0) is 47.6 Å². The van der Waals surface area contributed by atoms with Crippen molar-refractivity contribution in [3.63, 3.8) is 0 Å². The quantitative estimate of drug-likeness (QED) is 0.588. The van der Waals surface area contributed by atoms with Gasteiger partial charge in [0, 0.05) is 27.2 Å². The first-order chi connectivity index (χ1) is 9.02. The Labute approximate surface area is 135 Å². The van der Waals surface area contributed by atoms with E-state index in [2.05, 4.69) is 5.32 Å². The summed E-state index contributed by atoms with van der Waals surface area (Å²) in [6.07, 6.45) is 2.89. The number of aliphatic hydroxyl groups is 1. The second-order valence-electron chi connectivity index (χ2n) is 4.70. The lowest BCUT2D eigenvalue weighted by atomic mass is 10.0. The van der Waals surface area contributed by atoms with Crippen LogP contribution in [0.4, 0.5) is 0 Å². The zero-order chi connectivity index (χ0) is 14.0. The minimum Gasteiger partial charge on any atom is -0.396 e. The summed E-state index contributed by atoms with van der Waals surface area (Å²) in [4.78, 5) is 12.3. The van der Waals surface area contributed by atoms with Crippen LogP contribution in [-0.4, -0.2) is 23.7 Å². The van der Waals surface area contributed by atoms with Crippen LogP contribution in [0.1, 0.15) is 29.6 Å². The van der Waals surface area contributed by atoms with Crippen LogP contribution in [0.25, 0.3) is 0 Å². The number of halogens is 3. The number of amides is 1. The SMILES string of the molecule is O=C(NC1CCCC1CO)c1cc(Cl)cc(Cl)c1I. The van der Waals surface area contributed by atoms with E-state index in [-0.39, 0.29) is 24.5 Å². The molecule has 2 N–H and O–H groups in total. The molecule has 19 heavy (non-hydrogen) atoms. The highest BCUT2D eigenvalue weighted by atomic mass is 127. The molecular formula is C13H14Cl2INO2. The highest BCUT2D eigenvalue weighted by Gasteiger charge is 2.28. The van der Waals surface area contributed by atoms with Crippen molar-refractivity contribution < 1.29 is 9.90 Å². The second-order valence-corrected chi connectivity index (χ2v) is 6.63. The molecule has 6 heteroatoms. The Balaban J connectivity index is 2.16. The molecule has 1 fully saturated rings. The third-order valence-electron chi connectivity index (χ3n) is 3.45. The number of carbonyl (C=O) groups is 1. The first-order valence-corrected chi connectivity index (χ1v) is 7.92. The Kier molecular flexibility index (Phi) is 5.34. The van der Waals surface area contributed by atoms with Gasteiger partial charge in [0.1, 0.15) is 0 Å². The normalized spacial score (nSPS) is 22.5. The fourth-order valence-corrected chi connectivity index (χ4v) is 3.46. The summed E-state index contributed by atoms with van der Waals surface area (Å²) in [5, 5.41) is 13.2. The van der Waals surface area contributed by atoms with Crippen molar-refractivity contribution >= 4 is 51.7 Å². The summed E-state index contributed by atoms with van der Waals surface area (Å²) in [7, 11) is 0.